The fourth-order valence-electron chi connectivity index (χ4n) is 4.41. The predicted octanol–water partition coefficient (Wildman–Crippen LogP) is 8.32. The largest absolute Gasteiger partial charge is 0.445 e. The van der Waals surface area contributed by atoms with Crippen LogP contribution in [0.2, 0.25) is 0 Å². The van der Waals surface area contributed by atoms with Gasteiger partial charge in [-0.05, 0) is 17.9 Å². The highest BCUT2D eigenvalue weighted by Gasteiger charge is 2.26. The molecule has 36 heavy (non-hydrogen) atoms. The van der Waals surface area contributed by atoms with Gasteiger partial charge >= 0.3 is 6.09 Å². The lowest BCUT2D eigenvalue weighted by atomic mass is 9.98. The van der Waals surface area contributed by atoms with Gasteiger partial charge in [0, 0.05) is 6.54 Å². The molecule has 0 unspecified atom stereocenters. The van der Waals surface area contributed by atoms with E-state index in [-0.39, 0.29) is 18.4 Å². The molecule has 0 aliphatic heterocycles. The monoisotopic (exact) mass is 502 g/mol. The van der Waals surface area contributed by atoms with Gasteiger partial charge in [0.15, 0.2) is 0 Å². The summed E-state index contributed by atoms with van der Waals surface area (Å²) in [6.45, 7) is 7.13. The van der Waals surface area contributed by atoms with Crippen LogP contribution < -0.4 is 10.6 Å². The molecule has 5 nitrogen and oxygen atoms in total. The Morgan fingerprint density at radius 3 is 1.75 bits per heavy atom. The summed E-state index contributed by atoms with van der Waals surface area (Å²) in [7, 11) is 0. The van der Waals surface area contributed by atoms with Crippen LogP contribution in [-0.2, 0) is 16.1 Å². The molecule has 0 aromatic heterocycles. The van der Waals surface area contributed by atoms with Crippen molar-refractivity contribution in [1.29, 1.82) is 0 Å². The zero-order chi connectivity index (χ0) is 26.3. The van der Waals surface area contributed by atoms with Crippen molar-refractivity contribution in [2.45, 2.75) is 136 Å². The van der Waals surface area contributed by atoms with E-state index in [0.29, 0.717) is 6.54 Å². The van der Waals surface area contributed by atoms with E-state index in [4.69, 9.17) is 4.74 Å². The van der Waals surface area contributed by atoms with Crippen LogP contribution in [0.25, 0.3) is 0 Å². The number of carbonyl (C=O) groups excluding carboxylic acids is 2. The molecule has 0 saturated heterocycles. The summed E-state index contributed by atoms with van der Waals surface area (Å²) in [5, 5.41) is 5.78. The Bertz CT molecular complexity index is 665. The first-order valence-corrected chi connectivity index (χ1v) is 14.8. The standard InChI is InChI=1S/C31H54N2O3/c1-4-6-7-8-9-10-11-12-13-14-15-16-17-18-22-25-32-30(34)29(27(3)5-2)33-31(35)36-26-28-23-20-19-21-24-28/h19-21,23-24,27,29H,4-18,22,25-26H2,1-3H3,(H,32,34)(H,33,35)/t27-,29-/m0/s1. The minimum atomic E-state index is -0.574. The molecule has 0 radical (unpaired) electrons. The zero-order valence-electron chi connectivity index (χ0n) is 23.5. The van der Waals surface area contributed by atoms with E-state index in [1.807, 2.05) is 44.2 Å². The molecule has 5 heteroatoms. The number of nitrogens with one attached hydrogen (secondary N) is 2. The van der Waals surface area contributed by atoms with Gasteiger partial charge in [-0.3, -0.25) is 4.79 Å². The summed E-state index contributed by atoms with van der Waals surface area (Å²) in [5.74, 6) is -0.0818. The summed E-state index contributed by atoms with van der Waals surface area (Å²) in [4.78, 5) is 25.0. The Hall–Kier alpha value is -2.04. The molecule has 206 valence electrons. The number of rotatable bonds is 22. The second-order valence-corrected chi connectivity index (χ2v) is 10.3. The number of carbonyl (C=O) groups is 2. The molecule has 0 aliphatic rings. The highest BCUT2D eigenvalue weighted by atomic mass is 16.5. The molecule has 2 amide bonds. The Morgan fingerprint density at radius 1 is 0.750 bits per heavy atom. The van der Waals surface area contributed by atoms with Crippen molar-refractivity contribution in [3.8, 4) is 0 Å². The van der Waals surface area contributed by atoms with Gasteiger partial charge in [-0.25, -0.2) is 4.79 Å². The van der Waals surface area contributed by atoms with Gasteiger partial charge in [-0.15, -0.1) is 0 Å². The number of alkyl carbamates (subject to hydrolysis) is 1. The minimum Gasteiger partial charge on any atom is -0.445 e. The Kier molecular flexibility index (Phi) is 19.7. The second-order valence-electron chi connectivity index (χ2n) is 10.3. The van der Waals surface area contributed by atoms with E-state index in [1.54, 1.807) is 0 Å². The second kappa shape index (κ2) is 22.2. The molecule has 1 aromatic carbocycles. The zero-order valence-corrected chi connectivity index (χ0v) is 23.5. The van der Waals surface area contributed by atoms with Gasteiger partial charge < -0.3 is 15.4 Å². The summed E-state index contributed by atoms with van der Waals surface area (Å²) < 4.78 is 5.31. The fourth-order valence-corrected chi connectivity index (χ4v) is 4.41. The first kappa shape index (κ1) is 32.0. The fraction of sp³-hybridized carbons (Fsp3) is 0.742. The normalized spacial score (nSPS) is 12.6. The summed E-state index contributed by atoms with van der Waals surface area (Å²) >= 11 is 0. The summed E-state index contributed by atoms with van der Waals surface area (Å²) in [6.07, 6.45) is 20.1. The van der Waals surface area contributed by atoms with E-state index in [1.165, 1.54) is 83.5 Å². The molecule has 1 aromatic rings. The lowest BCUT2D eigenvalue weighted by Gasteiger charge is -2.23. The first-order chi connectivity index (χ1) is 17.6. The van der Waals surface area contributed by atoms with Crippen LogP contribution in [-0.4, -0.2) is 24.6 Å². The van der Waals surface area contributed by atoms with Crippen molar-refractivity contribution in [3.63, 3.8) is 0 Å². The molecular formula is C31H54N2O3. The summed E-state index contributed by atoms with van der Waals surface area (Å²) in [6, 6.07) is 8.97. The minimum absolute atomic E-state index is 0.0373. The molecule has 1 rings (SSSR count). The van der Waals surface area contributed by atoms with Crippen molar-refractivity contribution < 1.29 is 14.3 Å². The van der Waals surface area contributed by atoms with E-state index in [0.717, 1.165) is 24.8 Å². The van der Waals surface area contributed by atoms with E-state index >= 15 is 0 Å². The van der Waals surface area contributed by atoms with Gasteiger partial charge in [-0.2, -0.15) is 0 Å². The number of unbranched alkanes of at least 4 members (excludes halogenated alkanes) is 14. The smallest absolute Gasteiger partial charge is 0.408 e. The van der Waals surface area contributed by atoms with Crippen LogP contribution in [0.1, 0.15) is 129 Å². The third-order valence-corrected chi connectivity index (χ3v) is 7.06. The highest BCUT2D eigenvalue weighted by molar-refractivity contribution is 5.85. The van der Waals surface area contributed by atoms with Crippen LogP contribution >= 0.6 is 0 Å². The van der Waals surface area contributed by atoms with Crippen LogP contribution in [0, 0.1) is 5.92 Å². The number of benzene rings is 1. The molecule has 0 spiro atoms. The molecule has 0 aliphatic carbocycles. The number of hydrogen-bond acceptors (Lipinski definition) is 3. The molecule has 0 fully saturated rings. The number of hydrogen-bond donors (Lipinski definition) is 2. The first-order valence-electron chi connectivity index (χ1n) is 14.8. The lowest BCUT2D eigenvalue weighted by molar-refractivity contribution is -0.124. The Labute approximate surface area is 221 Å². The van der Waals surface area contributed by atoms with E-state index in [2.05, 4.69) is 17.6 Å². The van der Waals surface area contributed by atoms with Crippen LogP contribution in [0.15, 0.2) is 30.3 Å². The van der Waals surface area contributed by atoms with Gasteiger partial charge in [0.25, 0.3) is 0 Å². The van der Waals surface area contributed by atoms with Crippen LogP contribution in [0.3, 0.4) is 0 Å². The molecule has 0 bridgehead atoms. The number of ether oxygens (including phenoxy) is 1. The molecule has 0 heterocycles. The maximum absolute atomic E-state index is 12.7. The van der Waals surface area contributed by atoms with Crippen molar-refractivity contribution in [1.82, 2.24) is 10.6 Å². The van der Waals surface area contributed by atoms with Crippen molar-refractivity contribution in [2.24, 2.45) is 5.92 Å². The third kappa shape index (κ3) is 16.6. The van der Waals surface area contributed by atoms with Crippen molar-refractivity contribution >= 4 is 12.0 Å². The van der Waals surface area contributed by atoms with Gasteiger partial charge in [0.2, 0.25) is 5.91 Å². The van der Waals surface area contributed by atoms with E-state index in [9.17, 15) is 9.59 Å². The Morgan fingerprint density at radius 2 is 1.25 bits per heavy atom. The quantitative estimate of drug-likeness (QED) is 0.157. The lowest BCUT2D eigenvalue weighted by Crippen LogP contribution is -2.50. The van der Waals surface area contributed by atoms with Crippen molar-refractivity contribution in [2.75, 3.05) is 6.54 Å². The highest BCUT2D eigenvalue weighted by Crippen LogP contribution is 2.13. The van der Waals surface area contributed by atoms with Gasteiger partial charge in [0.05, 0.1) is 0 Å². The molecule has 2 atom stereocenters. The average Bonchev–Trinajstić information content (AvgIpc) is 2.90. The van der Waals surface area contributed by atoms with Gasteiger partial charge in [-0.1, -0.05) is 147 Å². The Balaban J connectivity index is 2.06. The topological polar surface area (TPSA) is 67.4 Å². The molecule has 0 saturated carbocycles. The number of amides is 2. The van der Waals surface area contributed by atoms with Gasteiger partial charge in [0.1, 0.15) is 12.6 Å². The summed E-state index contributed by atoms with van der Waals surface area (Å²) in [5.41, 5.74) is 0.922. The van der Waals surface area contributed by atoms with Crippen molar-refractivity contribution in [3.05, 3.63) is 35.9 Å². The van der Waals surface area contributed by atoms with E-state index < -0.39 is 12.1 Å². The SMILES string of the molecule is CCCCCCCCCCCCCCCCCNC(=O)[C@@H](NC(=O)OCc1ccccc1)[C@@H](C)CC. The van der Waals surface area contributed by atoms with Crippen LogP contribution in [0.4, 0.5) is 4.79 Å². The maximum atomic E-state index is 12.7. The average molecular weight is 503 g/mol. The maximum Gasteiger partial charge on any atom is 0.408 e. The molecular weight excluding hydrogens is 448 g/mol. The molecule has 2 N–H and O–H groups in total. The predicted molar refractivity (Wildman–Crippen MR) is 151 cm³/mol. The third-order valence-electron chi connectivity index (χ3n) is 7.06. The van der Waals surface area contributed by atoms with Crippen LogP contribution in [0.5, 0.6) is 0 Å².